The monoisotopic (exact) mass is 233 g/mol. The van der Waals surface area contributed by atoms with Gasteiger partial charge in [-0.25, -0.2) is 0 Å². The van der Waals surface area contributed by atoms with E-state index in [4.69, 9.17) is 5.73 Å². The zero-order valence-electron chi connectivity index (χ0n) is 10.1. The molecule has 4 heteroatoms. The minimum Gasteiger partial charge on any atom is -0.370 e. The molecule has 0 aromatic heterocycles. The average Bonchev–Trinajstić information content (AvgIpc) is 2.33. The summed E-state index contributed by atoms with van der Waals surface area (Å²) in [6.07, 6.45) is 1.74. The average molecular weight is 233 g/mol. The molecule has 1 aromatic carbocycles. The lowest BCUT2D eigenvalue weighted by Gasteiger charge is -2.36. The second-order valence-electron chi connectivity index (χ2n) is 4.67. The van der Waals surface area contributed by atoms with Crippen LogP contribution in [0.3, 0.4) is 0 Å². The molecule has 92 valence electrons. The minimum absolute atomic E-state index is 0.284. The molecule has 4 nitrogen and oxygen atoms in total. The van der Waals surface area contributed by atoms with E-state index < -0.39 is 5.54 Å². The first-order chi connectivity index (χ1) is 8.14. The molecule has 2 rings (SSSR count). The first kappa shape index (κ1) is 11.9. The van der Waals surface area contributed by atoms with E-state index in [1.54, 1.807) is 0 Å². The Kier molecular flexibility index (Phi) is 3.33. The third-order valence-electron chi connectivity index (χ3n) is 3.37. The largest absolute Gasteiger partial charge is 0.370 e. The van der Waals surface area contributed by atoms with Crippen molar-refractivity contribution in [1.82, 2.24) is 5.32 Å². The number of amides is 1. The normalized spacial score (nSPS) is 24.3. The van der Waals surface area contributed by atoms with Crippen LogP contribution < -0.4 is 16.4 Å². The number of benzene rings is 1. The van der Waals surface area contributed by atoms with Crippen LogP contribution in [0, 0.1) is 6.92 Å². The Labute approximate surface area is 102 Å². The molecule has 4 N–H and O–H groups in total. The number of carbonyl (C=O) groups is 1. The predicted molar refractivity (Wildman–Crippen MR) is 68.8 cm³/mol. The summed E-state index contributed by atoms with van der Waals surface area (Å²) in [5.41, 5.74) is 7.02. The van der Waals surface area contributed by atoms with Crippen molar-refractivity contribution in [2.24, 2.45) is 5.73 Å². The van der Waals surface area contributed by atoms with Gasteiger partial charge in [0.05, 0.1) is 0 Å². The van der Waals surface area contributed by atoms with Crippen LogP contribution in [0.5, 0.6) is 0 Å². The molecular formula is C13H19N3O. The molecule has 1 saturated heterocycles. The molecule has 1 amide bonds. The smallest absolute Gasteiger partial charge is 0.244 e. The standard InChI is InChI=1S/C13H19N3O/c1-10-5-2-3-6-11(10)16-13(12(14)17)7-4-8-15-9-13/h2-3,5-6,15-16H,4,7-9H2,1H3,(H2,14,17). The number of aryl methyl sites for hydroxylation is 1. The molecule has 1 aliphatic rings. The SMILES string of the molecule is Cc1ccccc1NC1(C(N)=O)CCCNC1. The number of para-hydroxylation sites is 1. The van der Waals surface area contributed by atoms with Gasteiger partial charge in [-0.05, 0) is 37.9 Å². The molecule has 1 fully saturated rings. The summed E-state index contributed by atoms with van der Waals surface area (Å²) >= 11 is 0. The van der Waals surface area contributed by atoms with Crippen LogP contribution in [0.4, 0.5) is 5.69 Å². The van der Waals surface area contributed by atoms with Crippen LogP contribution in [-0.4, -0.2) is 24.5 Å². The van der Waals surface area contributed by atoms with E-state index >= 15 is 0 Å². The number of carbonyl (C=O) groups excluding carboxylic acids is 1. The molecular weight excluding hydrogens is 214 g/mol. The second-order valence-corrected chi connectivity index (χ2v) is 4.67. The Morgan fingerprint density at radius 1 is 1.47 bits per heavy atom. The predicted octanol–water partition coefficient (Wildman–Crippen LogP) is 1.01. The molecule has 1 atom stereocenters. The van der Waals surface area contributed by atoms with Gasteiger partial charge in [0.25, 0.3) is 0 Å². The lowest BCUT2D eigenvalue weighted by atomic mass is 9.88. The van der Waals surface area contributed by atoms with Crippen LogP contribution in [0.15, 0.2) is 24.3 Å². The molecule has 1 unspecified atom stereocenters. The lowest BCUT2D eigenvalue weighted by Crippen LogP contribution is -2.59. The van der Waals surface area contributed by atoms with Gasteiger partial charge in [0, 0.05) is 12.2 Å². The molecule has 1 aromatic rings. The fraction of sp³-hybridized carbons (Fsp3) is 0.462. The van der Waals surface area contributed by atoms with Crippen molar-refractivity contribution in [3.63, 3.8) is 0 Å². The van der Waals surface area contributed by atoms with E-state index in [0.29, 0.717) is 6.54 Å². The maximum absolute atomic E-state index is 11.7. The maximum atomic E-state index is 11.7. The van der Waals surface area contributed by atoms with Crippen LogP contribution in [-0.2, 0) is 4.79 Å². The summed E-state index contributed by atoms with van der Waals surface area (Å²) in [5, 5.41) is 6.56. The van der Waals surface area contributed by atoms with Gasteiger partial charge >= 0.3 is 0 Å². The summed E-state index contributed by atoms with van der Waals surface area (Å²) < 4.78 is 0. The van der Waals surface area contributed by atoms with Crippen molar-refractivity contribution >= 4 is 11.6 Å². The molecule has 17 heavy (non-hydrogen) atoms. The Morgan fingerprint density at radius 3 is 2.82 bits per heavy atom. The third-order valence-corrected chi connectivity index (χ3v) is 3.37. The van der Waals surface area contributed by atoms with Gasteiger partial charge in [-0.2, -0.15) is 0 Å². The van der Waals surface area contributed by atoms with Crippen LogP contribution in [0.2, 0.25) is 0 Å². The molecule has 0 bridgehead atoms. The first-order valence-electron chi connectivity index (χ1n) is 5.98. The van der Waals surface area contributed by atoms with Crippen molar-refractivity contribution < 1.29 is 4.79 Å². The Hall–Kier alpha value is -1.55. The summed E-state index contributed by atoms with van der Waals surface area (Å²) in [5.74, 6) is -0.284. The molecule has 1 aliphatic heterocycles. The van der Waals surface area contributed by atoms with E-state index in [-0.39, 0.29) is 5.91 Å². The quantitative estimate of drug-likeness (QED) is 0.730. The number of nitrogens with two attached hydrogens (primary N) is 1. The lowest BCUT2D eigenvalue weighted by molar-refractivity contribution is -0.122. The van der Waals surface area contributed by atoms with Crippen LogP contribution in [0.25, 0.3) is 0 Å². The second kappa shape index (κ2) is 4.75. The van der Waals surface area contributed by atoms with Gasteiger partial charge < -0.3 is 16.4 Å². The van der Waals surface area contributed by atoms with Gasteiger partial charge in [0.15, 0.2) is 0 Å². The van der Waals surface area contributed by atoms with Crippen molar-refractivity contribution in [3.05, 3.63) is 29.8 Å². The van der Waals surface area contributed by atoms with E-state index in [1.807, 2.05) is 31.2 Å². The Morgan fingerprint density at radius 2 is 2.24 bits per heavy atom. The van der Waals surface area contributed by atoms with Crippen LogP contribution >= 0.6 is 0 Å². The number of primary amides is 1. The number of piperidine rings is 1. The maximum Gasteiger partial charge on any atom is 0.244 e. The van der Waals surface area contributed by atoms with Gasteiger partial charge in [-0.15, -0.1) is 0 Å². The van der Waals surface area contributed by atoms with Crippen molar-refractivity contribution in [3.8, 4) is 0 Å². The van der Waals surface area contributed by atoms with E-state index in [9.17, 15) is 4.79 Å². The zero-order chi connectivity index (χ0) is 12.3. The fourth-order valence-corrected chi connectivity index (χ4v) is 2.25. The summed E-state index contributed by atoms with van der Waals surface area (Å²) in [6.45, 7) is 3.56. The fourth-order valence-electron chi connectivity index (χ4n) is 2.25. The summed E-state index contributed by atoms with van der Waals surface area (Å²) in [4.78, 5) is 11.7. The minimum atomic E-state index is -0.648. The number of hydrogen-bond donors (Lipinski definition) is 3. The highest BCUT2D eigenvalue weighted by molar-refractivity contribution is 5.88. The Balaban J connectivity index is 2.24. The third kappa shape index (κ3) is 2.42. The summed E-state index contributed by atoms with van der Waals surface area (Å²) in [7, 11) is 0. The van der Waals surface area contributed by atoms with Crippen molar-refractivity contribution in [2.45, 2.75) is 25.3 Å². The Bertz CT molecular complexity index is 411. The number of rotatable bonds is 3. The molecule has 0 radical (unpaired) electrons. The topological polar surface area (TPSA) is 67.1 Å². The molecule has 1 heterocycles. The number of nitrogens with one attached hydrogen (secondary N) is 2. The van der Waals surface area contributed by atoms with Gasteiger partial charge in [-0.3, -0.25) is 4.79 Å². The zero-order valence-corrected chi connectivity index (χ0v) is 10.1. The number of hydrogen-bond acceptors (Lipinski definition) is 3. The van der Waals surface area contributed by atoms with Gasteiger partial charge in [-0.1, -0.05) is 18.2 Å². The van der Waals surface area contributed by atoms with Gasteiger partial charge in [0.1, 0.15) is 5.54 Å². The first-order valence-corrected chi connectivity index (χ1v) is 5.98. The van der Waals surface area contributed by atoms with E-state index in [0.717, 1.165) is 30.6 Å². The highest BCUT2D eigenvalue weighted by Crippen LogP contribution is 2.24. The highest BCUT2D eigenvalue weighted by atomic mass is 16.1. The summed E-state index contributed by atoms with van der Waals surface area (Å²) in [6, 6.07) is 7.94. The highest BCUT2D eigenvalue weighted by Gasteiger charge is 2.38. The van der Waals surface area contributed by atoms with E-state index in [2.05, 4.69) is 10.6 Å². The van der Waals surface area contributed by atoms with Crippen LogP contribution in [0.1, 0.15) is 18.4 Å². The molecule has 0 spiro atoms. The van der Waals surface area contributed by atoms with Gasteiger partial charge in [0.2, 0.25) is 5.91 Å². The van der Waals surface area contributed by atoms with E-state index in [1.165, 1.54) is 0 Å². The van der Waals surface area contributed by atoms with Crippen molar-refractivity contribution in [2.75, 3.05) is 18.4 Å². The van der Waals surface area contributed by atoms with Crippen molar-refractivity contribution in [1.29, 1.82) is 0 Å². The molecule has 0 aliphatic carbocycles. The molecule has 0 saturated carbocycles. The number of anilines is 1.